The van der Waals surface area contributed by atoms with Crippen molar-refractivity contribution in [3.05, 3.63) is 44.2 Å². The Morgan fingerprint density at radius 3 is 2.93 bits per heavy atom. The molecule has 1 aliphatic heterocycles. The highest BCUT2D eigenvalue weighted by Gasteiger charge is 2.32. The standard InChI is InChI=1S/C20H25ClN2O3S/c1-5-6-10-23-15-9-11-26-20(2,3)17(15)27-19(23)22-18(24)14-12-13(21)7-8-16(14)25-4/h7-8,12H,5-6,9-11H2,1-4H3/b22-19-. The van der Waals surface area contributed by atoms with Crippen LogP contribution in [0.3, 0.4) is 0 Å². The van der Waals surface area contributed by atoms with Crippen LogP contribution in [0, 0.1) is 0 Å². The molecule has 0 saturated carbocycles. The average molecular weight is 409 g/mol. The van der Waals surface area contributed by atoms with Crippen LogP contribution in [0.2, 0.25) is 5.02 Å². The third kappa shape index (κ3) is 4.13. The monoisotopic (exact) mass is 408 g/mol. The number of thiazole rings is 1. The molecule has 146 valence electrons. The highest BCUT2D eigenvalue weighted by molar-refractivity contribution is 7.09. The number of ether oxygens (including phenoxy) is 2. The summed E-state index contributed by atoms with van der Waals surface area (Å²) in [5, 5.41) is 0.480. The van der Waals surface area contributed by atoms with Gasteiger partial charge in [-0.3, -0.25) is 4.79 Å². The van der Waals surface area contributed by atoms with Crippen molar-refractivity contribution >= 4 is 28.8 Å². The first-order valence-corrected chi connectivity index (χ1v) is 10.4. The van der Waals surface area contributed by atoms with Gasteiger partial charge in [0.1, 0.15) is 5.75 Å². The number of methoxy groups -OCH3 is 1. The Labute approximate surface area is 168 Å². The summed E-state index contributed by atoms with van der Waals surface area (Å²) in [6, 6.07) is 4.98. The molecule has 0 N–H and O–H groups in total. The van der Waals surface area contributed by atoms with E-state index in [1.807, 2.05) is 0 Å². The van der Waals surface area contributed by atoms with Gasteiger partial charge in [0.05, 0.1) is 29.8 Å². The molecule has 0 bridgehead atoms. The molecular weight excluding hydrogens is 384 g/mol. The van der Waals surface area contributed by atoms with Gasteiger partial charge in [-0.1, -0.05) is 36.3 Å². The Hall–Kier alpha value is -1.63. The van der Waals surface area contributed by atoms with Crippen molar-refractivity contribution in [1.82, 2.24) is 4.57 Å². The second-order valence-corrected chi connectivity index (χ2v) is 8.45. The first kappa shape index (κ1) is 20.1. The van der Waals surface area contributed by atoms with Gasteiger partial charge < -0.3 is 14.0 Å². The fourth-order valence-electron chi connectivity index (χ4n) is 3.26. The molecule has 1 amide bonds. The second-order valence-electron chi connectivity index (χ2n) is 7.04. The molecule has 1 aromatic carbocycles. The number of amides is 1. The van der Waals surface area contributed by atoms with E-state index in [4.69, 9.17) is 21.1 Å². The van der Waals surface area contributed by atoms with Gasteiger partial charge in [0.25, 0.3) is 5.91 Å². The number of unbranched alkanes of at least 4 members (excludes halogenated alkanes) is 1. The highest BCUT2D eigenvalue weighted by atomic mass is 35.5. The van der Waals surface area contributed by atoms with E-state index < -0.39 is 0 Å². The first-order chi connectivity index (χ1) is 12.9. The summed E-state index contributed by atoms with van der Waals surface area (Å²) in [5.41, 5.74) is 1.24. The molecule has 3 rings (SSSR count). The van der Waals surface area contributed by atoms with E-state index in [1.165, 1.54) is 24.1 Å². The molecule has 0 spiro atoms. The summed E-state index contributed by atoms with van der Waals surface area (Å²) >= 11 is 7.61. The number of halogens is 1. The largest absolute Gasteiger partial charge is 0.496 e. The van der Waals surface area contributed by atoms with Crippen LogP contribution in [0.15, 0.2) is 23.2 Å². The van der Waals surface area contributed by atoms with Gasteiger partial charge in [-0.15, -0.1) is 0 Å². The average Bonchev–Trinajstić information content (AvgIpc) is 2.98. The molecule has 1 aliphatic rings. The van der Waals surface area contributed by atoms with Crippen LogP contribution in [0.1, 0.15) is 54.5 Å². The van der Waals surface area contributed by atoms with Crippen molar-refractivity contribution in [3.8, 4) is 5.75 Å². The lowest BCUT2D eigenvalue weighted by Gasteiger charge is -2.30. The molecule has 1 aromatic heterocycles. The Morgan fingerprint density at radius 1 is 1.44 bits per heavy atom. The first-order valence-electron chi connectivity index (χ1n) is 9.17. The normalized spacial score (nSPS) is 16.3. The minimum atomic E-state index is -0.364. The van der Waals surface area contributed by atoms with Crippen LogP contribution in [0.5, 0.6) is 5.75 Å². The fraction of sp³-hybridized carbons (Fsp3) is 0.500. The van der Waals surface area contributed by atoms with E-state index in [0.29, 0.717) is 27.7 Å². The summed E-state index contributed by atoms with van der Waals surface area (Å²) < 4.78 is 13.4. The maximum absolute atomic E-state index is 12.9. The molecule has 7 heteroatoms. The van der Waals surface area contributed by atoms with E-state index in [-0.39, 0.29) is 11.5 Å². The summed E-state index contributed by atoms with van der Waals surface area (Å²) in [4.78, 5) is 19.2. The second kappa shape index (κ2) is 8.17. The molecule has 0 fully saturated rings. The molecule has 0 radical (unpaired) electrons. The number of fused-ring (bicyclic) bond motifs is 1. The Morgan fingerprint density at radius 2 is 2.22 bits per heavy atom. The quantitative estimate of drug-likeness (QED) is 0.728. The topological polar surface area (TPSA) is 52.8 Å². The number of aromatic nitrogens is 1. The molecule has 2 heterocycles. The summed E-state index contributed by atoms with van der Waals surface area (Å²) in [7, 11) is 1.53. The van der Waals surface area contributed by atoms with Crippen LogP contribution in [-0.4, -0.2) is 24.2 Å². The molecule has 27 heavy (non-hydrogen) atoms. The van der Waals surface area contributed by atoms with Crippen LogP contribution < -0.4 is 9.54 Å². The lowest BCUT2D eigenvalue weighted by molar-refractivity contribution is -0.0299. The van der Waals surface area contributed by atoms with E-state index >= 15 is 0 Å². The Kier molecular flexibility index (Phi) is 6.08. The highest BCUT2D eigenvalue weighted by Crippen LogP contribution is 2.35. The van der Waals surface area contributed by atoms with Crippen molar-refractivity contribution in [2.24, 2.45) is 4.99 Å². The Bertz CT molecular complexity index is 914. The van der Waals surface area contributed by atoms with E-state index in [0.717, 1.165) is 30.7 Å². The summed E-state index contributed by atoms with van der Waals surface area (Å²) in [5.74, 6) is 0.121. The molecule has 0 saturated heterocycles. The van der Waals surface area contributed by atoms with Gasteiger partial charge in [0.2, 0.25) is 0 Å². The maximum atomic E-state index is 12.9. The molecule has 0 atom stereocenters. The zero-order valence-corrected chi connectivity index (χ0v) is 17.7. The SMILES string of the molecule is CCCCn1c2c(s/c1=N\C(=O)c1cc(Cl)ccc1OC)C(C)(C)OCC2. The number of carbonyl (C=O) groups is 1. The zero-order valence-electron chi connectivity index (χ0n) is 16.2. The van der Waals surface area contributed by atoms with E-state index in [9.17, 15) is 4.79 Å². The minimum absolute atomic E-state index is 0.350. The van der Waals surface area contributed by atoms with Crippen molar-refractivity contribution < 1.29 is 14.3 Å². The third-order valence-corrected chi connectivity index (χ3v) is 6.35. The molecule has 5 nitrogen and oxygen atoms in total. The number of rotatable bonds is 5. The third-order valence-electron chi connectivity index (χ3n) is 4.69. The van der Waals surface area contributed by atoms with Gasteiger partial charge >= 0.3 is 0 Å². The van der Waals surface area contributed by atoms with Gasteiger partial charge in [-0.25, -0.2) is 0 Å². The van der Waals surface area contributed by atoms with E-state index in [2.05, 4.69) is 30.3 Å². The van der Waals surface area contributed by atoms with Crippen molar-refractivity contribution in [1.29, 1.82) is 0 Å². The lowest BCUT2D eigenvalue weighted by atomic mass is 10.0. The maximum Gasteiger partial charge on any atom is 0.283 e. The smallest absolute Gasteiger partial charge is 0.283 e. The van der Waals surface area contributed by atoms with Crippen molar-refractivity contribution in [2.45, 2.75) is 52.2 Å². The van der Waals surface area contributed by atoms with Crippen molar-refractivity contribution in [2.75, 3.05) is 13.7 Å². The van der Waals surface area contributed by atoms with E-state index in [1.54, 1.807) is 18.2 Å². The van der Waals surface area contributed by atoms with Gasteiger partial charge in [0.15, 0.2) is 4.80 Å². The summed E-state index contributed by atoms with van der Waals surface area (Å²) in [6.45, 7) is 7.81. The molecule has 0 aliphatic carbocycles. The number of benzene rings is 1. The zero-order chi connectivity index (χ0) is 19.6. The van der Waals surface area contributed by atoms with Crippen LogP contribution in [0.4, 0.5) is 0 Å². The number of nitrogens with zero attached hydrogens (tertiary/aromatic N) is 2. The van der Waals surface area contributed by atoms with Gasteiger partial charge in [-0.2, -0.15) is 4.99 Å². The number of carbonyl (C=O) groups excluding carboxylic acids is 1. The van der Waals surface area contributed by atoms with Gasteiger partial charge in [0, 0.05) is 23.7 Å². The Balaban J connectivity index is 2.11. The van der Waals surface area contributed by atoms with Crippen LogP contribution in [0.25, 0.3) is 0 Å². The molecular formula is C20H25ClN2O3S. The van der Waals surface area contributed by atoms with Gasteiger partial charge in [-0.05, 0) is 38.5 Å². The molecule has 2 aromatic rings. The summed E-state index contributed by atoms with van der Waals surface area (Å²) in [6.07, 6.45) is 2.95. The van der Waals surface area contributed by atoms with Crippen LogP contribution in [-0.2, 0) is 23.3 Å². The predicted molar refractivity (Wildman–Crippen MR) is 108 cm³/mol. The predicted octanol–water partition coefficient (Wildman–Crippen LogP) is 4.56. The lowest BCUT2D eigenvalue weighted by Crippen LogP contribution is -2.30. The van der Waals surface area contributed by atoms with Crippen molar-refractivity contribution in [3.63, 3.8) is 0 Å². The van der Waals surface area contributed by atoms with Crippen LogP contribution >= 0.6 is 22.9 Å². The molecule has 0 unspecified atom stereocenters. The number of hydrogen-bond donors (Lipinski definition) is 0. The fourth-order valence-corrected chi connectivity index (χ4v) is 4.68. The minimum Gasteiger partial charge on any atom is -0.496 e. The number of hydrogen-bond acceptors (Lipinski definition) is 4.